The lowest BCUT2D eigenvalue weighted by atomic mass is 9.92. The second kappa shape index (κ2) is 7.71. The molecule has 20 heavy (non-hydrogen) atoms. The second-order valence-corrected chi connectivity index (χ2v) is 6.71. The van der Waals surface area contributed by atoms with E-state index in [0.29, 0.717) is 6.04 Å². The Morgan fingerprint density at radius 1 is 1.35 bits per heavy atom. The van der Waals surface area contributed by atoms with Gasteiger partial charge in [0.05, 0.1) is 6.07 Å². The van der Waals surface area contributed by atoms with Gasteiger partial charge in [-0.3, -0.25) is 5.32 Å². The van der Waals surface area contributed by atoms with Crippen LogP contribution in [0.1, 0.15) is 44.6 Å². The molecule has 0 radical (unpaired) electrons. The Balaban J connectivity index is 1.67. The standard InChI is InChI=1S/C17H24N2S/c1-2-17(14-18,19-16-9-10-16)11-6-12-20-13-15-7-4-3-5-8-15/h3-5,7-8,16,19H,2,6,9-13H2,1H3. The van der Waals surface area contributed by atoms with E-state index in [1.807, 2.05) is 11.8 Å². The Morgan fingerprint density at radius 2 is 2.10 bits per heavy atom. The maximum absolute atomic E-state index is 9.47. The molecular weight excluding hydrogens is 264 g/mol. The smallest absolute Gasteiger partial charge is 0.106 e. The minimum absolute atomic E-state index is 0.283. The third kappa shape index (κ3) is 4.85. The number of nitrogens with one attached hydrogen (secondary N) is 1. The summed E-state index contributed by atoms with van der Waals surface area (Å²) in [6, 6.07) is 13.7. The molecule has 0 aliphatic heterocycles. The molecule has 108 valence electrons. The van der Waals surface area contributed by atoms with Gasteiger partial charge in [0.15, 0.2) is 0 Å². The summed E-state index contributed by atoms with van der Waals surface area (Å²) in [6.45, 7) is 2.12. The molecule has 1 aliphatic rings. The first kappa shape index (κ1) is 15.4. The van der Waals surface area contributed by atoms with Gasteiger partial charge in [0, 0.05) is 11.8 Å². The largest absolute Gasteiger partial charge is 0.297 e. The maximum Gasteiger partial charge on any atom is 0.106 e. The van der Waals surface area contributed by atoms with Gasteiger partial charge in [0.25, 0.3) is 0 Å². The van der Waals surface area contributed by atoms with Gasteiger partial charge in [-0.05, 0) is 43.4 Å². The van der Waals surface area contributed by atoms with Crippen LogP contribution in [0.5, 0.6) is 0 Å². The lowest BCUT2D eigenvalue weighted by molar-refractivity contribution is 0.367. The lowest BCUT2D eigenvalue weighted by Gasteiger charge is -2.26. The molecule has 1 aromatic rings. The topological polar surface area (TPSA) is 35.8 Å². The molecule has 1 fully saturated rings. The Labute approximate surface area is 127 Å². The van der Waals surface area contributed by atoms with Gasteiger partial charge >= 0.3 is 0 Å². The maximum atomic E-state index is 9.47. The van der Waals surface area contributed by atoms with E-state index in [-0.39, 0.29) is 5.54 Å². The van der Waals surface area contributed by atoms with E-state index in [2.05, 4.69) is 48.6 Å². The Morgan fingerprint density at radius 3 is 2.70 bits per heavy atom. The van der Waals surface area contributed by atoms with Crippen molar-refractivity contribution in [2.75, 3.05) is 5.75 Å². The van der Waals surface area contributed by atoms with E-state index in [4.69, 9.17) is 0 Å². The third-order valence-electron chi connectivity index (χ3n) is 3.88. The first-order valence-electron chi connectivity index (χ1n) is 7.58. The first-order chi connectivity index (χ1) is 9.78. The molecule has 0 amide bonds. The molecule has 1 N–H and O–H groups in total. The fourth-order valence-electron chi connectivity index (χ4n) is 2.38. The van der Waals surface area contributed by atoms with Crippen molar-refractivity contribution in [2.24, 2.45) is 0 Å². The van der Waals surface area contributed by atoms with E-state index in [0.717, 1.165) is 30.8 Å². The van der Waals surface area contributed by atoms with Crippen molar-refractivity contribution in [1.29, 1.82) is 5.26 Å². The SMILES string of the molecule is CCC(C#N)(CCCSCc1ccccc1)NC1CC1. The van der Waals surface area contributed by atoms with Crippen LogP contribution in [0.3, 0.4) is 0 Å². The molecule has 0 bridgehead atoms. The molecule has 2 nitrogen and oxygen atoms in total. The quantitative estimate of drug-likeness (QED) is 0.694. The summed E-state index contributed by atoms with van der Waals surface area (Å²) in [7, 11) is 0. The van der Waals surface area contributed by atoms with Crippen molar-refractivity contribution >= 4 is 11.8 Å². The molecule has 3 heteroatoms. The number of hydrogen-bond donors (Lipinski definition) is 1. The van der Waals surface area contributed by atoms with Crippen LogP contribution >= 0.6 is 11.8 Å². The highest BCUT2D eigenvalue weighted by molar-refractivity contribution is 7.98. The van der Waals surface area contributed by atoms with Crippen LogP contribution in [0.15, 0.2) is 30.3 Å². The number of nitrogens with zero attached hydrogens (tertiary/aromatic N) is 1. The fraction of sp³-hybridized carbons (Fsp3) is 0.588. The van der Waals surface area contributed by atoms with Crippen LogP contribution in [0, 0.1) is 11.3 Å². The molecule has 1 saturated carbocycles. The number of hydrogen-bond acceptors (Lipinski definition) is 3. The van der Waals surface area contributed by atoms with Gasteiger partial charge in [-0.2, -0.15) is 17.0 Å². The second-order valence-electron chi connectivity index (χ2n) is 5.61. The predicted octanol–water partition coefficient (Wildman–Crippen LogP) is 4.12. The Kier molecular flexibility index (Phi) is 5.94. The van der Waals surface area contributed by atoms with Crippen molar-refractivity contribution in [1.82, 2.24) is 5.32 Å². The van der Waals surface area contributed by atoms with Gasteiger partial charge in [-0.25, -0.2) is 0 Å². The van der Waals surface area contributed by atoms with Gasteiger partial charge in [-0.15, -0.1) is 0 Å². The molecule has 0 saturated heterocycles. The molecule has 0 spiro atoms. The van der Waals surface area contributed by atoms with E-state index < -0.39 is 0 Å². The van der Waals surface area contributed by atoms with Gasteiger partial charge in [0.1, 0.15) is 5.54 Å². The summed E-state index contributed by atoms with van der Waals surface area (Å²) in [5.74, 6) is 2.20. The average Bonchev–Trinajstić information content (AvgIpc) is 3.31. The van der Waals surface area contributed by atoms with Crippen LogP contribution in [0.2, 0.25) is 0 Å². The minimum atomic E-state index is -0.283. The van der Waals surface area contributed by atoms with E-state index in [1.54, 1.807) is 0 Å². The number of thioether (sulfide) groups is 1. The van der Waals surface area contributed by atoms with Crippen molar-refractivity contribution in [3.63, 3.8) is 0 Å². The van der Waals surface area contributed by atoms with Crippen LogP contribution in [-0.2, 0) is 5.75 Å². The van der Waals surface area contributed by atoms with E-state index in [1.165, 1.54) is 18.4 Å². The first-order valence-corrected chi connectivity index (χ1v) is 8.74. The summed E-state index contributed by atoms with van der Waals surface area (Å²) >= 11 is 1.97. The highest BCUT2D eigenvalue weighted by atomic mass is 32.2. The third-order valence-corrected chi connectivity index (χ3v) is 4.99. The number of benzene rings is 1. The molecule has 0 heterocycles. The van der Waals surface area contributed by atoms with E-state index in [9.17, 15) is 5.26 Å². The van der Waals surface area contributed by atoms with Crippen LogP contribution in [0.25, 0.3) is 0 Å². The summed E-state index contributed by atoms with van der Waals surface area (Å²) in [5.41, 5.74) is 1.10. The number of nitriles is 1. The fourth-order valence-corrected chi connectivity index (χ4v) is 3.30. The zero-order chi connectivity index (χ0) is 14.3. The molecule has 1 unspecified atom stereocenters. The van der Waals surface area contributed by atoms with Crippen molar-refractivity contribution in [3.8, 4) is 6.07 Å². The van der Waals surface area contributed by atoms with Crippen molar-refractivity contribution in [3.05, 3.63) is 35.9 Å². The number of rotatable bonds is 9. The normalized spacial score (nSPS) is 17.4. The van der Waals surface area contributed by atoms with Gasteiger partial charge < -0.3 is 0 Å². The predicted molar refractivity (Wildman–Crippen MR) is 86.6 cm³/mol. The molecule has 2 rings (SSSR count). The average molecular weight is 288 g/mol. The lowest BCUT2D eigenvalue weighted by Crippen LogP contribution is -2.44. The van der Waals surface area contributed by atoms with Crippen LogP contribution < -0.4 is 5.32 Å². The summed E-state index contributed by atoms with van der Waals surface area (Å²) < 4.78 is 0. The molecule has 0 aromatic heterocycles. The summed E-state index contributed by atoms with van der Waals surface area (Å²) in [5, 5.41) is 13.0. The molecule has 1 atom stereocenters. The van der Waals surface area contributed by atoms with Gasteiger partial charge in [-0.1, -0.05) is 37.3 Å². The van der Waals surface area contributed by atoms with Crippen LogP contribution in [0.4, 0.5) is 0 Å². The Bertz CT molecular complexity index is 436. The Hall–Kier alpha value is -0.980. The summed E-state index contributed by atoms with van der Waals surface area (Å²) in [4.78, 5) is 0. The van der Waals surface area contributed by atoms with E-state index >= 15 is 0 Å². The molecule has 1 aliphatic carbocycles. The van der Waals surface area contributed by atoms with Crippen LogP contribution in [-0.4, -0.2) is 17.3 Å². The highest BCUT2D eigenvalue weighted by Crippen LogP contribution is 2.27. The summed E-state index contributed by atoms with van der Waals surface area (Å²) in [6.07, 6.45) is 5.47. The van der Waals surface area contributed by atoms with Crippen molar-refractivity contribution in [2.45, 2.75) is 56.4 Å². The molecule has 1 aromatic carbocycles. The molecular formula is C17H24N2S. The zero-order valence-electron chi connectivity index (χ0n) is 12.3. The monoisotopic (exact) mass is 288 g/mol. The minimum Gasteiger partial charge on any atom is -0.297 e. The van der Waals surface area contributed by atoms with Gasteiger partial charge in [0.2, 0.25) is 0 Å². The zero-order valence-corrected chi connectivity index (χ0v) is 13.1. The highest BCUT2D eigenvalue weighted by Gasteiger charge is 2.34. The van der Waals surface area contributed by atoms with Crippen molar-refractivity contribution < 1.29 is 0 Å².